The Kier molecular flexibility index (Phi) is 31.6. The maximum atomic E-state index is 2.44. The highest BCUT2D eigenvalue weighted by Crippen LogP contribution is 2.43. The first-order valence-electron chi connectivity index (χ1n) is 10.2. The summed E-state index contributed by atoms with van der Waals surface area (Å²) in [6, 6.07) is 0. The second-order valence-electron chi connectivity index (χ2n) is 6.70. The van der Waals surface area contributed by atoms with Gasteiger partial charge in [-0.1, -0.05) is 79.1 Å². The molecule has 0 saturated carbocycles. The molecule has 4 heteroatoms. The summed E-state index contributed by atoms with van der Waals surface area (Å²) < 4.78 is 0. The fourth-order valence-corrected chi connectivity index (χ4v) is 8.33. The van der Waals surface area contributed by atoms with Gasteiger partial charge in [-0.15, -0.1) is 49.8 Å². The van der Waals surface area contributed by atoms with Gasteiger partial charge in [0.25, 0.3) is 0 Å². The average Bonchev–Trinajstić information content (AvgIpc) is 2.55. The molecule has 0 nitrogen and oxygen atoms in total. The molecular formula is C20H46Br2P2. The van der Waals surface area contributed by atoms with Gasteiger partial charge < -0.3 is 0 Å². The van der Waals surface area contributed by atoms with Crippen LogP contribution in [0, 0.1) is 0 Å². The van der Waals surface area contributed by atoms with Crippen molar-refractivity contribution in [1.29, 1.82) is 0 Å². The highest BCUT2D eigenvalue weighted by Gasteiger charge is 2.10. The molecule has 0 aromatic carbocycles. The lowest BCUT2D eigenvalue weighted by Crippen LogP contribution is -2.01. The molecule has 0 aromatic heterocycles. The van der Waals surface area contributed by atoms with Crippen LogP contribution in [0.25, 0.3) is 0 Å². The number of unbranched alkanes of at least 4 members (excludes halogenated alkanes) is 8. The third kappa shape index (κ3) is 20.1. The number of halogens is 2. The van der Waals surface area contributed by atoms with Crippen LogP contribution in [0.2, 0.25) is 0 Å². The van der Waals surface area contributed by atoms with Gasteiger partial charge in [-0.2, -0.15) is 0 Å². The molecule has 0 aliphatic heterocycles. The van der Waals surface area contributed by atoms with E-state index in [1.807, 2.05) is 0 Å². The molecule has 0 N–H and O–H groups in total. The number of rotatable bonds is 17. The molecule has 0 bridgehead atoms. The van der Waals surface area contributed by atoms with Crippen LogP contribution in [0.4, 0.5) is 0 Å². The maximum absolute atomic E-state index is 2.44. The molecule has 24 heavy (non-hydrogen) atoms. The van der Waals surface area contributed by atoms with Crippen molar-refractivity contribution in [2.75, 3.05) is 37.0 Å². The fourth-order valence-electron chi connectivity index (χ4n) is 3.02. The molecule has 0 fully saturated rings. The van der Waals surface area contributed by atoms with Gasteiger partial charge in [0.1, 0.15) is 0 Å². The Labute approximate surface area is 178 Å². The van der Waals surface area contributed by atoms with Gasteiger partial charge in [0.2, 0.25) is 0 Å². The van der Waals surface area contributed by atoms with Crippen LogP contribution in [0.3, 0.4) is 0 Å². The molecule has 0 spiro atoms. The summed E-state index contributed by atoms with van der Waals surface area (Å²) in [7, 11) is 0.749. The zero-order valence-corrected chi connectivity index (χ0v) is 22.2. The van der Waals surface area contributed by atoms with Crippen LogP contribution in [0.5, 0.6) is 0 Å². The first-order chi connectivity index (χ1) is 10.8. The van der Waals surface area contributed by atoms with E-state index in [1.54, 1.807) is 24.6 Å². The Morgan fingerprint density at radius 3 is 1.04 bits per heavy atom. The van der Waals surface area contributed by atoms with E-state index in [0.29, 0.717) is 15.8 Å². The van der Waals surface area contributed by atoms with Crippen molar-refractivity contribution in [2.45, 2.75) is 91.9 Å². The first-order valence-corrected chi connectivity index (χ1v) is 14.0. The molecule has 2 unspecified atom stereocenters. The Balaban J connectivity index is -0.00000220. The van der Waals surface area contributed by atoms with Gasteiger partial charge in [-0.3, -0.25) is 0 Å². The minimum atomic E-state index is 0. The monoisotopic (exact) mass is 506 g/mol. The van der Waals surface area contributed by atoms with Crippen LogP contribution in [0.15, 0.2) is 0 Å². The average molecular weight is 508 g/mol. The van der Waals surface area contributed by atoms with Gasteiger partial charge in [0.05, 0.1) is 0 Å². The highest BCUT2D eigenvalue weighted by atomic mass is 79.9. The van der Waals surface area contributed by atoms with Gasteiger partial charge in [-0.05, 0) is 49.8 Å². The standard InChI is InChI=1S/C20H44P2.2BrH/c1-5-9-11-13-15-17-21(7-3)19-20-22(8-4)18-16-14-12-10-6-2;;/h5-20H2,1-4H3;2*1H. The topological polar surface area (TPSA) is 0 Å². The third-order valence-electron chi connectivity index (χ3n) is 4.78. The lowest BCUT2D eigenvalue weighted by Gasteiger charge is -2.21. The van der Waals surface area contributed by atoms with Gasteiger partial charge in [0, 0.05) is 0 Å². The Morgan fingerprint density at radius 2 is 0.750 bits per heavy atom. The maximum Gasteiger partial charge on any atom is -0.0286 e. The van der Waals surface area contributed by atoms with Gasteiger partial charge in [-0.25, -0.2) is 0 Å². The molecule has 0 amide bonds. The Bertz CT molecular complexity index is 194. The zero-order valence-electron chi connectivity index (χ0n) is 17.0. The number of hydrogen-bond donors (Lipinski definition) is 0. The summed E-state index contributed by atoms with van der Waals surface area (Å²) in [5, 5.41) is 0. The molecule has 0 radical (unpaired) electrons. The largest absolute Gasteiger partial charge is 0.114 e. The van der Waals surface area contributed by atoms with Crippen molar-refractivity contribution in [2.24, 2.45) is 0 Å². The quantitative estimate of drug-likeness (QED) is 0.136. The molecule has 0 aliphatic rings. The molecule has 0 rings (SSSR count). The number of hydrogen-bond acceptors (Lipinski definition) is 0. The smallest absolute Gasteiger partial charge is 0.0286 e. The van der Waals surface area contributed by atoms with Crippen molar-refractivity contribution in [3.05, 3.63) is 0 Å². The van der Waals surface area contributed by atoms with Gasteiger partial charge in [0.15, 0.2) is 0 Å². The van der Waals surface area contributed by atoms with E-state index in [-0.39, 0.29) is 34.0 Å². The molecule has 0 aromatic rings. The van der Waals surface area contributed by atoms with E-state index in [2.05, 4.69) is 27.7 Å². The summed E-state index contributed by atoms with van der Waals surface area (Å²) in [5.74, 6) is 0. The predicted octanol–water partition coefficient (Wildman–Crippen LogP) is 9.09. The minimum absolute atomic E-state index is 0. The van der Waals surface area contributed by atoms with E-state index in [4.69, 9.17) is 0 Å². The van der Waals surface area contributed by atoms with Crippen LogP contribution in [-0.4, -0.2) is 37.0 Å². The van der Waals surface area contributed by atoms with E-state index in [0.717, 1.165) is 0 Å². The predicted molar refractivity (Wildman–Crippen MR) is 133 cm³/mol. The SMILES string of the molecule is Br.Br.CCCCCCCP(CC)CCP(CC)CCCCCCC. The van der Waals surface area contributed by atoms with Crippen molar-refractivity contribution in [1.82, 2.24) is 0 Å². The lowest BCUT2D eigenvalue weighted by atomic mass is 10.2. The van der Waals surface area contributed by atoms with E-state index < -0.39 is 0 Å². The lowest BCUT2D eigenvalue weighted by molar-refractivity contribution is 0.657. The van der Waals surface area contributed by atoms with E-state index >= 15 is 0 Å². The van der Waals surface area contributed by atoms with Crippen molar-refractivity contribution in [3.63, 3.8) is 0 Å². The Morgan fingerprint density at radius 1 is 0.417 bits per heavy atom. The molecule has 0 heterocycles. The minimum Gasteiger partial charge on any atom is -0.114 e. The molecule has 0 aliphatic carbocycles. The summed E-state index contributed by atoms with van der Waals surface area (Å²) in [5.41, 5.74) is 0. The molecule has 2 atom stereocenters. The van der Waals surface area contributed by atoms with Crippen molar-refractivity contribution >= 4 is 49.8 Å². The second-order valence-corrected chi connectivity index (χ2v) is 12.4. The normalized spacial score (nSPS) is 13.0. The molecule has 0 saturated heterocycles. The summed E-state index contributed by atoms with van der Waals surface area (Å²) in [6.45, 7) is 9.51. The van der Waals surface area contributed by atoms with E-state index in [9.17, 15) is 0 Å². The molecule has 150 valence electrons. The molecular weight excluding hydrogens is 462 g/mol. The van der Waals surface area contributed by atoms with Crippen LogP contribution < -0.4 is 0 Å². The van der Waals surface area contributed by atoms with Crippen LogP contribution >= 0.6 is 49.8 Å². The summed E-state index contributed by atoms with van der Waals surface area (Å²) >= 11 is 0. The van der Waals surface area contributed by atoms with Gasteiger partial charge >= 0.3 is 0 Å². The second kappa shape index (κ2) is 24.8. The van der Waals surface area contributed by atoms with Crippen LogP contribution in [-0.2, 0) is 0 Å². The zero-order chi connectivity index (χ0) is 16.5. The van der Waals surface area contributed by atoms with Crippen LogP contribution in [0.1, 0.15) is 91.9 Å². The fraction of sp³-hybridized carbons (Fsp3) is 1.00. The summed E-state index contributed by atoms with van der Waals surface area (Å²) in [4.78, 5) is 0. The van der Waals surface area contributed by atoms with Crippen molar-refractivity contribution in [3.8, 4) is 0 Å². The summed E-state index contributed by atoms with van der Waals surface area (Å²) in [6.07, 6.45) is 23.9. The first kappa shape index (κ1) is 30.5. The Hall–Kier alpha value is 1.82. The van der Waals surface area contributed by atoms with E-state index in [1.165, 1.54) is 76.5 Å². The van der Waals surface area contributed by atoms with Crippen molar-refractivity contribution < 1.29 is 0 Å². The highest BCUT2D eigenvalue weighted by molar-refractivity contribution is 8.93. The third-order valence-corrected chi connectivity index (χ3v) is 10.5.